The van der Waals surface area contributed by atoms with Crippen molar-refractivity contribution in [2.24, 2.45) is 5.14 Å². The Kier molecular flexibility index (Phi) is 7.60. The van der Waals surface area contributed by atoms with E-state index in [-0.39, 0.29) is 4.90 Å². The van der Waals surface area contributed by atoms with E-state index in [1.165, 1.54) is 12.1 Å². The normalized spacial score (nSPS) is 11.1. The van der Waals surface area contributed by atoms with Crippen LogP contribution >= 0.6 is 0 Å². The molecular formula is C19H23N3O3S. The van der Waals surface area contributed by atoms with Gasteiger partial charge in [-0.2, -0.15) is 5.26 Å². The summed E-state index contributed by atoms with van der Waals surface area (Å²) in [7, 11) is -3.64. The lowest BCUT2D eigenvalue weighted by atomic mass is 10.1. The van der Waals surface area contributed by atoms with Gasteiger partial charge in [-0.05, 0) is 54.8 Å². The molecule has 0 spiro atoms. The van der Waals surface area contributed by atoms with Gasteiger partial charge in [-0.3, -0.25) is 0 Å². The highest BCUT2D eigenvalue weighted by Gasteiger charge is 2.06. The summed E-state index contributed by atoms with van der Waals surface area (Å²) in [5.41, 5.74) is 2.16. The van der Waals surface area contributed by atoms with Crippen molar-refractivity contribution >= 4 is 10.0 Å². The number of ether oxygens (including phenoxy) is 1. The van der Waals surface area contributed by atoms with Crippen LogP contribution in [0.1, 0.15) is 24.0 Å². The van der Waals surface area contributed by atoms with E-state index in [2.05, 4.69) is 11.4 Å². The second-order valence-electron chi connectivity index (χ2n) is 5.87. The van der Waals surface area contributed by atoms with E-state index < -0.39 is 10.0 Å². The molecule has 0 aromatic heterocycles. The fourth-order valence-electron chi connectivity index (χ4n) is 2.40. The van der Waals surface area contributed by atoms with Gasteiger partial charge in [0.15, 0.2) is 0 Å². The van der Waals surface area contributed by atoms with Crippen LogP contribution in [-0.4, -0.2) is 21.6 Å². The van der Waals surface area contributed by atoms with Gasteiger partial charge < -0.3 is 10.1 Å². The Labute approximate surface area is 154 Å². The number of nitrogens with two attached hydrogens (primary N) is 1. The minimum Gasteiger partial charge on any atom is -0.494 e. The van der Waals surface area contributed by atoms with Crippen LogP contribution < -0.4 is 15.2 Å². The van der Waals surface area contributed by atoms with Crippen molar-refractivity contribution in [1.82, 2.24) is 5.32 Å². The molecule has 138 valence electrons. The van der Waals surface area contributed by atoms with Crippen molar-refractivity contribution in [1.29, 1.82) is 5.26 Å². The van der Waals surface area contributed by atoms with Crippen LogP contribution in [0.3, 0.4) is 0 Å². The minimum atomic E-state index is -3.64. The zero-order chi connectivity index (χ0) is 18.8. The standard InChI is InChI=1S/C19H23N3O3S/c20-11-1-2-13-25-18-5-3-4-17(14-18)15-22-12-10-16-6-8-19(9-7-16)26(21,23)24/h3-9,14,22H,1-2,10,12-13,15H2,(H2,21,23,24). The maximum Gasteiger partial charge on any atom is 0.238 e. The first-order valence-corrected chi connectivity index (χ1v) is 9.95. The molecule has 2 aromatic rings. The van der Waals surface area contributed by atoms with Crippen molar-refractivity contribution < 1.29 is 13.2 Å². The Hall–Kier alpha value is -2.40. The molecule has 0 aliphatic carbocycles. The van der Waals surface area contributed by atoms with Crippen LogP contribution in [0.15, 0.2) is 53.4 Å². The quantitative estimate of drug-likeness (QED) is 0.622. The summed E-state index contributed by atoms with van der Waals surface area (Å²) in [5.74, 6) is 0.806. The number of nitrogens with zero attached hydrogens (tertiary/aromatic N) is 1. The average molecular weight is 373 g/mol. The van der Waals surface area contributed by atoms with E-state index in [0.29, 0.717) is 19.6 Å². The predicted octanol–water partition coefficient (Wildman–Crippen LogP) is 2.35. The molecule has 0 aliphatic rings. The first-order chi connectivity index (χ1) is 12.5. The zero-order valence-corrected chi connectivity index (χ0v) is 15.3. The van der Waals surface area contributed by atoms with E-state index in [1.54, 1.807) is 12.1 Å². The Bertz CT molecular complexity index is 843. The summed E-state index contributed by atoms with van der Waals surface area (Å²) < 4.78 is 28.1. The molecular weight excluding hydrogens is 350 g/mol. The lowest BCUT2D eigenvalue weighted by Gasteiger charge is -2.09. The smallest absolute Gasteiger partial charge is 0.238 e. The van der Waals surface area contributed by atoms with E-state index in [0.717, 1.165) is 36.3 Å². The van der Waals surface area contributed by atoms with Crippen molar-refractivity contribution in [2.45, 2.75) is 30.7 Å². The number of primary sulfonamides is 1. The number of hydrogen-bond acceptors (Lipinski definition) is 5. The Morgan fingerprint density at radius 2 is 1.88 bits per heavy atom. The fraction of sp³-hybridized carbons (Fsp3) is 0.316. The monoisotopic (exact) mass is 373 g/mol. The number of hydrogen-bond donors (Lipinski definition) is 2. The highest BCUT2D eigenvalue weighted by molar-refractivity contribution is 7.89. The van der Waals surface area contributed by atoms with Gasteiger partial charge in [-0.25, -0.2) is 13.6 Å². The van der Waals surface area contributed by atoms with Gasteiger partial charge in [0.05, 0.1) is 17.6 Å². The maximum absolute atomic E-state index is 11.2. The lowest BCUT2D eigenvalue weighted by Crippen LogP contribution is -2.17. The number of sulfonamides is 1. The molecule has 2 aromatic carbocycles. The maximum atomic E-state index is 11.2. The van der Waals surface area contributed by atoms with Crippen molar-refractivity contribution in [3.05, 3.63) is 59.7 Å². The number of unbranched alkanes of at least 4 members (excludes halogenated alkanes) is 1. The Morgan fingerprint density at radius 1 is 1.12 bits per heavy atom. The molecule has 0 aliphatic heterocycles. The number of rotatable bonds is 10. The van der Waals surface area contributed by atoms with Crippen LogP contribution in [0.5, 0.6) is 5.75 Å². The Balaban J connectivity index is 1.75. The SMILES string of the molecule is N#CCCCOc1cccc(CNCCc2ccc(S(N)(=O)=O)cc2)c1. The molecule has 0 heterocycles. The largest absolute Gasteiger partial charge is 0.494 e. The minimum absolute atomic E-state index is 0.126. The summed E-state index contributed by atoms with van der Waals surface area (Å²) in [6.07, 6.45) is 2.01. The molecule has 6 nitrogen and oxygen atoms in total. The summed E-state index contributed by atoms with van der Waals surface area (Å²) in [6.45, 7) is 2.02. The lowest BCUT2D eigenvalue weighted by molar-refractivity contribution is 0.312. The highest BCUT2D eigenvalue weighted by atomic mass is 32.2. The van der Waals surface area contributed by atoms with E-state index >= 15 is 0 Å². The third-order valence-corrected chi connectivity index (χ3v) is 4.70. The molecule has 0 bridgehead atoms. The molecule has 0 radical (unpaired) electrons. The molecule has 0 unspecified atom stereocenters. The third-order valence-electron chi connectivity index (χ3n) is 3.77. The first kappa shape index (κ1) is 19.9. The van der Waals surface area contributed by atoms with Crippen molar-refractivity contribution in [3.8, 4) is 11.8 Å². The van der Waals surface area contributed by atoms with Crippen LogP contribution in [0.4, 0.5) is 0 Å². The first-order valence-electron chi connectivity index (χ1n) is 8.40. The van der Waals surface area contributed by atoms with E-state index in [1.807, 2.05) is 24.3 Å². The van der Waals surface area contributed by atoms with Gasteiger partial charge in [0.25, 0.3) is 0 Å². The van der Waals surface area contributed by atoms with Crippen LogP contribution in [0.25, 0.3) is 0 Å². The molecule has 26 heavy (non-hydrogen) atoms. The fourth-order valence-corrected chi connectivity index (χ4v) is 2.91. The summed E-state index contributed by atoms with van der Waals surface area (Å²) in [5, 5.41) is 17.0. The summed E-state index contributed by atoms with van der Waals surface area (Å²) in [4.78, 5) is 0.126. The topological polar surface area (TPSA) is 105 Å². The Morgan fingerprint density at radius 3 is 2.58 bits per heavy atom. The number of nitriles is 1. The van der Waals surface area contributed by atoms with E-state index in [4.69, 9.17) is 15.1 Å². The van der Waals surface area contributed by atoms with Gasteiger partial charge in [-0.1, -0.05) is 24.3 Å². The zero-order valence-electron chi connectivity index (χ0n) is 14.5. The van der Waals surface area contributed by atoms with Gasteiger partial charge >= 0.3 is 0 Å². The third kappa shape index (κ3) is 6.84. The van der Waals surface area contributed by atoms with Crippen LogP contribution in [0, 0.1) is 11.3 Å². The molecule has 0 amide bonds. The summed E-state index contributed by atoms with van der Waals surface area (Å²) in [6, 6.07) is 16.6. The highest BCUT2D eigenvalue weighted by Crippen LogP contribution is 2.14. The van der Waals surface area contributed by atoms with E-state index in [9.17, 15) is 8.42 Å². The number of benzene rings is 2. The van der Waals surface area contributed by atoms with Crippen LogP contribution in [-0.2, 0) is 23.0 Å². The molecule has 0 atom stereocenters. The van der Waals surface area contributed by atoms with Gasteiger partial charge in [0, 0.05) is 13.0 Å². The van der Waals surface area contributed by atoms with Gasteiger partial charge in [0.2, 0.25) is 10.0 Å². The number of nitrogens with one attached hydrogen (secondary N) is 1. The molecule has 7 heteroatoms. The summed E-state index contributed by atoms with van der Waals surface area (Å²) >= 11 is 0. The van der Waals surface area contributed by atoms with Crippen molar-refractivity contribution in [3.63, 3.8) is 0 Å². The van der Waals surface area contributed by atoms with Gasteiger partial charge in [-0.15, -0.1) is 0 Å². The van der Waals surface area contributed by atoms with Gasteiger partial charge in [0.1, 0.15) is 5.75 Å². The molecule has 3 N–H and O–H groups in total. The molecule has 2 rings (SSSR count). The average Bonchev–Trinajstić information content (AvgIpc) is 2.62. The molecule has 0 saturated carbocycles. The van der Waals surface area contributed by atoms with Crippen molar-refractivity contribution in [2.75, 3.05) is 13.2 Å². The second kappa shape index (κ2) is 9.92. The molecule has 0 saturated heterocycles. The molecule has 0 fully saturated rings. The van der Waals surface area contributed by atoms with Crippen LogP contribution in [0.2, 0.25) is 0 Å². The second-order valence-corrected chi connectivity index (χ2v) is 7.43. The predicted molar refractivity (Wildman–Crippen MR) is 100 cm³/mol.